The van der Waals surface area contributed by atoms with Crippen molar-refractivity contribution in [2.24, 2.45) is 4.99 Å². The van der Waals surface area contributed by atoms with Crippen LogP contribution >= 0.6 is 0 Å². The molecule has 0 unspecified atom stereocenters. The second-order valence-electron chi connectivity index (χ2n) is 5.58. The van der Waals surface area contributed by atoms with E-state index in [1.165, 1.54) is 0 Å². The minimum Gasteiger partial charge on any atom is -0.508 e. The number of hydrogen-bond acceptors (Lipinski definition) is 3. The van der Waals surface area contributed by atoms with Crippen LogP contribution in [0.2, 0.25) is 0 Å². The maximum atomic E-state index is 9.52. The van der Waals surface area contributed by atoms with Crippen molar-refractivity contribution in [2.75, 3.05) is 19.7 Å². The number of aliphatic imine (C=N–C) groups is 1. The van der Waals surface area contributed by atoms with Gasteiger partial charge in [0.05, 0.1) is 13.2 Å². The molecule has 5 nitrogen and oxygen atoms in total. The molecule has 0 atom stereocenters. The number of phenolic OH excluding ortho intramolecular Hbond substituents is 1. The quantitative estimate of drug-likeness (QED) is 0.510. The Balaban J connectivity index is 1.94. The molecule has 0 aliphatic rings. The van der Waals surface area contributed by atoms with Crippen LogP contribution in [0.5, 0.6) is 11.5 Å². The van der Waals surface area contributed by atoms with Crippen LogP contribution in [0.1, 0.15) is 25.0 Å². The Bertz CT molecular complexity index is 686. The molecular formula is C20H27N3O2. The number of nitrogens with one attached hydrogen (secondary N) is 2. The Labute approximate surface area is 149 Å². The first kappa shape index (κ1) is 18.6. The van der Waals surface area contributed by atoms with E-state index in [1.807, 2.05) is 50.2 Å². The van der Waals surface area contributed by atoms with Crippen molar-refractivity contribution in [1.29, 1.82) is 0 Å². The van der Waals surface area contributed by atoms with Gasteiger partial charge < -0.3 is 20.5 Å². The average molecular weight is 341 g/mol. The fourth-order valence-corrected chi connectivity index (χ4v) is 2.47. The molecule has 0 radical (unpaired) electrons. The molecule has 2 aromatic rings. The molecule has 0 aliphatic carbocycles. The van der Waals surface area contributed by atoms with E-state index >= 15 is 0 Å². The molecule has 2 rings (SSSR count). The second kappa shape index (κ2) is 10.2. The topological polar surface area (TPSA) is 65.9 Å². The Hall–Kier alpha value is -2.69. The van der Waals surface area contributed by atoms with Crippen molar-refractivity contribution >= 4 is 5.96 Å². The van der Waals surface area contributed by atoms with E-state index in [1.54, 1.807) is 12.1 Å². The van der Waals surface area contributed by atoms with E-state index in [2.05, 4.69) is 15.6 Å². The lowest BCUT2D eigenvalue weighted by atomic mass is 10.1. The maximum Gasteiger partial charge on any atom is 0.191 e. The predicted molar refractivity (Wildman–Crippen MR) is 102 cm³/mol. The Morgan fingerprint density at radius 1 is 1.08 bits per heavy atom. The Morgan fingerprint density at radius 2 is 1.92 bits per heavy atom. The van der Waals surface area contributed by atoms with E-state index in [0.717, 1.165) is 42.3 Å². The average Bonchev–Trinajstić information content (AvgIpc) is 2.61. The zero-order valence-corrected chi connectivity index (χ0v) is 15.0. The first-order valence-corrected chi connectivity index (χ1v) is 8.73. The Morgan fingerprint density at radius 3 is 2.68 bits per heavy atom. The molecule has 134 valence electrons. The van der Waals surface area contributed by atoms with Gasteiger partial charge in [0, 0.05) is 18.7 Å². The van der Waals surface area contributed by atoms with E-state index in [-0.39, 0.29) is 0 Å². The molecule has 0 spiro atoms. The third-order valence-corrected chi connectivity index (χ3v) is 3.64. The standard InChI is InChI=1S/C20H27N3O2/c1-3-21-20(22-13-12-16-8-7-10-18(24)14-16)23-15-17-9-5-6-11-19(17)25-4-2/h5-11,14,24H,3-4,12-13,15H2,1-2H3,(H2,21,22,23). The summed E-state index contributed by atoms with van der Waals surface area (Å²) in [6.45, 7) is 6.75. The summed E-state index contributed by atoms with van der Waals surface area (Å²) in [5, 5.41) is 16.1. The molecule has 0 saturated carbocycles. The van der Waals surface area contributed by atoms with Crippen molar-refractivity contribution < 1.29 is 9.84 Å². The van der Waals surface area contributed by atoms with Crippen molar-refractivity contribution in [3.8, 4) is 11.5 Å². The van der Waals surface area contributed by atoms with Gasteiger partial charge in [0.1, 0.15) is 11.5 Å². The number of aromatic hydroxyl groups is 1. The van der Waals surface area contributed by atoms with Crippen LogP contribution in [0.4, 0.5) is 0 Å². The van der Waals surface area contributed by atoms with Gasteiger partial charge >= 0.3 is 0 Å². The lowest BCUT2D eigenvalue weighted by molar-refractivity contribution is 0.336. The maximum absolute atomic E-state index is 9.52. The zero-order chi connectivity index (χ0) is 17.9. The number of rotatable bonds is 8. The van der Waals surface area contributed by atoms with Gasteiger partial charge in [0.25, 0.3) is 0 Å². The number of ether oxygens (including phenoxy) is 1. The fraction of sp³-hybridized carbons (Fsp3) is 0.350. The molecule has 5 heteroatoms. The van der Waals surface area contributed by atoms with E-state index in [0.29, 0.717) is 18.9 Å². The molecule has 2 aromatic carbocycles. The summed E-state index contributed by atoms with van der Waals surface area (Å²) in [5.74, 6) is 1.95. The molecule has 0 fully saturated rings. The molecular weight excluding hydrogens is 314 g/mol. The normalized spacial score (nSPS) is 11.2. The van der Waals surface area contributed by atoms with Crippen molar-refractivity contribution in [3.05, 3.63) is 59.7 Å². The molecule has 0 aromatic heterocycles. The highest BCUT2D eigenvalue weighted by Gasteiger charge is 2.03. The number of hydrogen-bond donors (Lipinski definition) is 3. The third-order valence-electron chi connectivity index (χ3n) is 3.64. The number of para-hydroxylation sites is 1. The highest BCUT2D eigenvalue weighted by atomic mass is 16.5. The molecule has 0 amide bonds. The second-order valence-corrected chi connectivity index (χ2v) is 5.58. The predicted octanol–water partition coefficient (Wildman–Crippen LogP) is 3.09. The minimum absolute atomic E-state index is 0.297. The van der Waals surface area contributed by atoms with Gasteiger partial charge in [-0.2, -0.15) is 0 Å². The number of phenols is 1. The zero-order valence-electron chi connectivity index (χ0n) is 15.0. The van der Waals surface area contributed by atoms with Crippen LogP contribution in [0.15, 0.2) is 53.5 Å². The third kappa shape index (κ3) is 6.37. The molecule has 0 saturated heterocycles. The van der Waals surface area contributed by atoms with Gasteiger partial charge in [-0.25, -0.2) is 4.99 Å². The summed E-state index contributed by atoms with van der Waals surface area (Å²) in [4.78, 5) is 4.64. The van der Waals surface area contributed by atoms with Crippen LogP contribution in [-0.4, -0.2) is 30.8 Å². The SMILES string of the molecule is CCNC(=NCc1ccccc1OCC)NCCc1cccc(O)c1. The molecule has 25 heavy (non-hydrogen) atoms. The number of benzene rings is 2. The smallest absolute Gasteiger partial charge is 0.191 e. The monoisotopic (exact) mass is 341 g/mol. The lowest BCUT2D eigenvalue weighted by Gasteiger charge is -2.12. The van der Waals surface area contributed by atoms with E-state index in [4.69, 9.17) is 4.74 Å². The Kier molecular flexibility index (Phi) is 7.63. The summed E-state index contributed by atoms with van der Waals surface area (Å²) in [6, 6.07) is 15.3. The van der Waals surface area contributed by atoms with Crippen LogP contribution in [0.3, 0.4) is 0 Å². The van der Waals surface area contributed by atoms with Gasteiger partial charge in [0.15, 0.2) is 5.96 Å². The first-order valence-electron chi connectivity index (χ1n) is 8.73. The van der Waals surface area contributed by atoms with Crippen molar-refractivity contribution in [3.63, 3.8) is 0 Å². The molecule has 0 bridgehead atoms. The van der Waals surface area contributed by atoms with Crippen LogP contribution in [-0.2, 0) is 13.0 Å². The lowest BCUT2D eigenvalue weighted by Crippen LogP contribution is -2.38. The number of guanidine groups is 1. The first-order chi connectivity index (χ1) is 12.2. The van der Waals surface area contributed by atoms with Gasteiger partial charge in [-0.1, -0.05) is 30.3 Å². The van der Waals surface area contributed by atoms with E-state index in [9.17, 15) is 5.11 Å². The van der Waals surface area contributed by atoms with Crippen LogP contribution in [0, 0.1) is 0 Å². The van der Waals surface area contributed by atoms with Crippen molar-refractivity contribution in [1.82, 2.24) is 10.6 Å². The van der Waals surface area contributed by atoms with Gasteiger partial charge in [0.2, 0.25) is 0 Å². The molecule has 3 N–H and O–H groups in total. The summed E-state index contributed by atoms with van der Waals surface area (Å²) in [6.07, 6.45) is 0.814. The van der Waals surface area contributed by atoms with Gasteiger partial charge in [-0.15, -0.1) is 0 Å². The van der Waals surface area contributed by atoms with Gasteiger partial charge in [-0.05, 0) is 44.0 Å². The van der Waals surface area contributed by atoms with Gasteiger partial charge in [-0.3, -0.25) is 0 Å². The van der Waals surface area contributed by atoms with E-state index < -0.39 is 0 Å². The molecule has 0 heterocycles. The summed E-state index contributed by atoms with van der Waals surface area (Å²) in [7, 11) is 0. The fourth-order valence-electron chi connectivity index (χ4n) is 2.47. The number of nitrogens with zero attached hydrogens (tertiary/aromatic N) is 1. The highest BCUT2D eigenvalue weighted by molar-refractivity contribution is 5.79. The largest absolute Gasteiger partial charge is 0.508 e. The summed E-state index contributed by atoms with van der Waals surface area (Å²) in [5.41, 5.74) is 2.15. The summed E-state index contributed by atoms with van der Waals surface area (Å²) >= 11 is 0. The minimum atomic E-state index is 0.297. The highest BCUT2D eigenvalue weighted by Crippen LogP contribution is 2.18. The van der Waals surface area contributed by atoms with Crippen LogP contribution < -0.4 is 15.4 Å². The summed E-state index contributed by atoms with van der Waals surface area (Å²) < 4.78 is 5.65. The molecule has 0 aliphatic heterocycles. The van der Waals surface area contributed by atoms with Crippen LogP contribution in [0.25, 0.3) is 0 Å². The van der Waals surface area contributed by atoms with Crippen molar-refractivity contribution in [2.45, 2.75) is 26.8 Å².